The van der Waals surface area contributed by atoms with Gasteiger partial charge in [-0.05, 0) is 31.6 Å². The van der Waals surface area contributed by atoms with Gasteiger partial charge < -0.3 is 14.7 Å². The van der Waals surface area contributed by atoms with Gasteiger partial charge in [0.15, 0.2) is 5.16 Å². The zero-order valence-electron chi connectivity index (χ0n) is 19.1. The standard InChI is InChI=1S/C22H34ClN5O2S/c1-16-14-27(10-11-28(16)19(29)13-22(2,3)4)18-12-17(23)24-21(25-18)31-15-20(30)26-8-6-5-7-9-26/h12,16H,5-11,13-15H2,1-4H3. The maximum atomic E-state index is 12.7. The van der Waals surface area contributed by atoms with Gasteiger partial charge in [-0.1, -0.05) is 44.1 Å². The molecule has 0 aromatic carbocycles. The summed E-state index contributed by atoms with van der Waals surface area (Å²) in [4.78, 5) is 40.1. The summed E-state index contributed by atoms with van der Waals surface area (Å²) in [5.74, 6) is 1.41. The third kappa shape index (κ3) is 6.97. The minimum atomic E-state index is -0.0220. The van der Waals surface area contributed by atoms with Gasteiger partial charge in [-0.2, -0.15) is 0 Å². The lowest BCUT2D eigenvalue weighted by atomic mass is 9.91. The van der Waals surface area contributed by atoms with Crippen molar-refractivity contribution in [3.05, 3.63) is 11.2 Å². The number of anilines is 1. The van der Waals surface area contributed by atoms with Crippen molar-refractivity contribution >= 4 is 41.0 Å². The van der Waals surface area contributed by atoms with E-state index < -0.39 is 0 Å². The molecule has 2 fully saturated rings. The Morgan fingerprint density at radius 3 is 2.45 bits per heavy atom. The summed E-state index contributed by atoms with van der Waals surface area (Å²) in [7, 11) is 0. The van der Waals surface area contributed by atoms with E-state index in [2.05, 4.69) is 42.6 Å². The van der Waals surface area contributed by atoms with Crippen LogP contribution in [0, 0.1) is 5.41 Å². The topological polar surface area (TPSA) is 69.6 Å². The van der Waals surface area contributed by atoms with E-state index in [1.54, 1.807) is 6.07 Å². The number of thioether (sulfide) groups is 1. The third-order valence-corrected chi connectivity index (χ3v) is 6.67. The van der Waals surface area contributed by atoms with Crippen LogP contribution in [0.4, 0.5) is 5.82 Å². The molecule has 1 aromatic rings. The Kier molecular flexibility index (Phi) is 8.08. The first-order chi connectivity index (χ1) is 14.6. The number of rotatable bonds is 5. The summed E-state index contributed by atoms with van der Waals surface area (Å²) < 4.78 is 0. The molecular weight excluding hydrogens is 434 g/mol. The van der Waals surface area contributed by atoms with E-state index >= 15 is 0 Å². The minimum Gasteiger partial charge on any atom is -0.353 e. The molecule has 9 heteroatoms. The van der Waals surface area contributed by atoms with Gasteiger partial charge in [-0.15, -0.1) is 0 Å². The highest BCUT2D eigenvalue weighted by Crippen LogP contribution is 2.26. The number of carbonyl (C=O) groups is 2. The van der Waals surface area contributed by atoms with Crippen LogP contribution in [0.25, 0.3) is 0 Å². The van der Waals surface area contributed by atoms with Crippen molar-refractivity contribution in [1.29, 1.82) is 0 Å². The second-order valence-corrected chi connectivity index (χ2v) is 11.0. The molecule has 0 saturated carbocycles. The maximum Gasteiger partial charge on any atom is 0.233 e. The molecule has 1 atom stereocenters. The van der Waals surface area contributed by atoms with Crippen LogP contribution in [0.1, 0.15) is 53.4 Å². The lowest BCUT2D eigenvalue weighted by Gasteiger charge is -2.41. The molecule has 0 bridgehead atoms. The number of nitrogens with zero attached hydrogens (tertiary/aromatic N) is 5. The number of halogens is 1. The van der Waals surface area contributed by atoms with Gasteiger partial charge in [0.25, 0.3) is 0 Å². The average molecular weight is 468 g/mol. The summed E-state index contributed by atoms with van der Waals surface area (Å²) in [6, 6.07) is 1.85. The highest BCUT2D eigenvalue weighted by Gasteiger charge is 2.30. The number of amides is 2. The average Bonchev–Trinajstić information content (AvgIpc) is 2.70. The Bertz CT molecular complexity index is 795. The highest BCUT2D eigenvalue weighted by atomic mass is 35.5. The van der Waals surface area contributed by atoms with Crippen LogP contribution in [-0.4, -0.2) is 76.1 Å². The lowest BCUT2D eigenvalue weighted by Crippen LogP contribution is -2.54. The molecule has 0 radical (unpaired) electrons. The molecule has 2 amide bonds. The second kappa shape index (κ2) is 10.4. The molecule has 1 unspecified atom stereocenters. The largest absolute Gasteiger partial charge is 0.353 e. The van der Waals surface area contributed by atoms with Crippen molar-refractivity contribution in [2.24, 2.45) is 5.41 Å². The quantitative estimate of drug-likeness (QED) is 0.373. The van der Waals surface area contributed by atoms with E-state index in [0.717, 1.165) is 31.7 Å². The first-order valence-corrected chi connectivity index (χ1v) is 12.5. The van der Waals surface area contributed by atoms with Gasteiger partial charge >= 0.3 is 0 Å². The van der Waals surface area contributed by atoms with Crippen LogP contribution < -0.4 is 4.90 Å². The number of hydrogen-bond acceptors (Lipinski definition) is 6. The Hall–Kier alpha value is -1.54. The molecule has 2 aliphatic heterocycles. The zero-order valence-corrected chi connectivity index (χ0v) is 20.6. The summed E-state index contributed by atoms with van der Waals surface area (Å²) in [5, 5.41) is 0.892. The van der Waals surface area contributed by atoms with Gasteiger partial charge in [-0.3, -0.25) is 9.59 Å². The number of piperazine rings is 1. The van der Waals surface area contributed by atoms with Crippen LogP contribution in [0.3, 0.4) is 0 Å². The normalized spacial score (nSPS) is 20.2. The van der Waals surface area contributed by atoms with E-state index in [-0.39, 0.29) is 23.3 Å². The van der Waals surface area contributed by atoms with E-state index in [0.29, 0.717) is 42.1 Å². The number of carbonyl (C=O) groups excluding carboxylic acids is 2. The van der Waals surface area contributed by atoms with Crippen molar-refractivity contribution in [2.45, 2.75) is 64.6 Å². The molecule has 1 aromatic heterocycles. The Morgan fingerprint density at radius 2 is 1.81 bits per heavy atom. The molecule has 2 aliphatic rings. The minimum absolute atomic E-state index is 0.0220. The molecule has 31 heavy (non-hydrogen) atoms. The van der Waals surface area contributed by atoms with Crippen molar-refractivity contribution in [3.8, 4) is 0 Å². The summed E-state index contributed by atoms with van der Waals surface area (Å²) in [5.41, 5.74) is -0.0220. The molecule has 0 N–H and O–H groups in total. The molecule has 0 spiro atoms. The first-order valence-electron chi connectivity index (χ1n) is 11.1. The van der Waals surface area contributed by atoms with E-state index in [1.807, 2.05) is 9.80 Å². The summed E-state index contributed by atoms with van der Waals surface area (Å²) in [6.45, 7) is 12.1. The van der Waals surface area contributed by atoms with E-state index in [9.17, 15) is 9.59 Å². The molecule has 3 rings (SSSR count). The van der Waals surface area contributed by atoms with Crippen LogP contribution in [-0.2, 0) is 9.59 Å². The lowest BCUT2D eigenvalue weighted by molar-refractivity contribution is -0.135. The molecule has 2 saturated heterocycles. The van der Waals surface area contributed by atoms with Crippen LogP contribution >= 0.6 is 23.4 Å². The van der Waals surface area contributed by atoms with Gasteiger partial charge in [0.1, 0.15) is 11.0 Å². The molecule has 0 aliphatic carbocycles. The second-order valence-electron chi connectivity index (χ2n) is 9.68. The number of aromatic nitrogens is 2. The fourth-order valence-corrected chi connectivity index (χ4v) is 5.05. The predicted molar refractivity (Wildman–Crippen MR) is 126 cm³/mol. The van der Waals surface area contributed by atoms with Gasteiger partial charge in [0, 0.05) is 51.3 Å². The van der Waals surface area contributed by atoms with Crippen molar-refractivity contribution < 1.29 is 9.59 Å². The molecular formula is C22H34ClN5O2S. The fourth-order valence-electron chi connectivity index (χ4n) is 4.06. The number of piperidine rings is 1. The van der Waals surface area contributed by atoms with Crippen LogP contribution in [0.5, 0.6) is 0 Å². The van der Waals surface area contributed by atoms with Gasteiger partial charge in [-0.25, -0.2) is 9.97 Å². The maximum absolute atomic E-state index is 12.7. The van der Waals surface area contributed by atoms with Crippen molar-refractivity contribution in [3.63, 3.8) is 0 Å². The molecule has 172 valence electrons. The Morgan fingerprint density at radius 1 is 1.10 bits per heavy atom. The van der Waals surface area contributed by atoms with Crippen molar-refractivity contribution in [1.82, 2.24) is 19.8 Å². The predicted octanol–water partition coefficient (Wildman–Crippen LogP) is 3.71. The Labute approximate surface area is 194 Å². The van der Waals surface area contributed by atoms with Gasteiger partial charge in [0.05, 0.1) is 5.75 Å². The molecule has 7 nitrogen and oxygen atoms in total. The van der Waals surface area contributed by atoms with Crippen LogP contribution in [0.15, 0.2) is 11.2 Å². The van der Waals surface area contributed by atoms with Crippen molar-refractivity contribution in [2.75, 3.05) is 43.4 Å². The SMILES string of the molecule is CC1CN(c2cc(Cl)nc(SCC(=O)N3CCCCC3)n2)CCN1C(=O)CC(C)(C)C. The van der Waals surface area contributed by atoms with Crippen LogP contribution in [0.2, 0.25) is 5.15 Å². The van der Waals surface area contributed by atoms with Gasteiger partial charge in [0.2, 0.25) is 11.8 Å². The van der Waals surface area contributed by atoms with E-state index in [4.69, 9.17) is 11.6 Å². The third-order valence-electron chi connectivity index (χ3n) is 5.65. The monoisotopic (exact) mass is 467 g/mol. The summed E-state index contributed by atoms with van der Waals surface area (Å²) in [6.07, 6.45) is 3.90. The smallest absolute Gasteiger partial charge is 0.233 e. The number of hydrogen-bond donors (Lipinski definition) is 0. The molecule has 3 heterocycles. The highest BCUT2D eigenvalue weighted by molar-refractivity contribution is 7.99. The Balaban J connectivity index is 1.60. The zero-order chi connectivity index (χ0) is 22.6. The number of likely N-dealkylation sites (tertiary alicyclic amines) is 1. The fraction of sp³-hybridized carbons (Fsp3) is 0.727. The summed E-state index contributed by atoms with van der Waals surface area (Å²) >= 11 is 7.61. The van der Waals surface area contributed by atoms with E-state index in [1.165, 1.54) is 18.2 Å². The first kappa shape index (κ1) is 24.1.